The van der Waals surface area contributed by atoms with Crippen molar-refractivity contribution in [2.24, 2.45) is 5.14 Å². The summed E-state index contributed by atoms with van der Waals surface area (Å²) >= 11 is 0. The first-order valence-corrected chi connectivity index (χ1v) is 8.51. The van der Waals surface area contributed by atoms with Gasteiger partial charge in [-0.05, 0) is 50.6 Å². The van der Waals surface area contributed by atoms with E-state index in [1.54, 1.807) is 12.1 Å². The van der Waals surface area contributed by atoms with Gasteiger partial charge < -0.3 is 9.84 Å². The molecule has 0 amide bonds. The number of sulfonamides is 1. The molecular formula is C14H22N2O4S. The van der Waals surface area contributed by atoms with Crippen molar-refractivity contribution in [3.63, 3.8) is 0 Å². The van der Waals surface area contributed by atoms with Gasteiger partial charge in [0.1, 0.15) is 12.4 Å². The number of hydrogen-bond acceptors (Lipinski definition) is 5. The highest BCUT2D eigenvalue weighted by Crippen LogP contribution is 2.20. The van der Waals surface area contributed by atoms with E-state index >= 15 is 0 Å². The topological polar surface area (TPSA) is 92.9 Å². The largest absolute Gasteiger partial charge is 0.492 e. The Bertz CT molecular complexity index is 569. The van der Waals surface area contributed by atoms with E-state index in [2.05, 4.69) is 4.90 Å². The molecule has 6 nitrogen and oxygen atoms in total. The molecule has 1 saturated heterocycles. The predicted octanol–water partition coefficient (Wildman–Crippen LogP) is 0.560. The summed E-state index contributed by atoms with van der Waals surface area (Å²) in [5.74, 6) is 0.603. The molecule has 0 aromatic heterocycles. The van der Waals surface area contributed by atoms with E-state index in [1.165, 1.54) is 12.1 Å². The van der Waals surface area contributed by atoms with Gasteiger partial charge in [0.25, 0.3) is 0 Å². The molecule has 0 spiro atoms. The Morgan fingerprint density at radius 3 is 2.62 bits per heavy atom. The Hall–Kier alpha value is -1.15. The number of β-amino-alcohol motifs (C(OH)–C–C–N with tert-alkyl or cyclic N) is 1. The molecule has 0 bridgehead atoms. The van der Waals surface area contributed by atoms with Crippen LogP contribution in [0.3, 0.4) is 0 Å². The van der Waals surface area contributed by atoms with Crippen molar-refractivity contribution in [1.29, 1.82) is 0 Å². The lowest BCUT2D eigenvalue weighted by atomic mass is 9.95. The molecule has 1 aliphatic rings. The number of nitrogens with zero attached hydrogens (tertiary/aromatic N) is 1. The quantitative estimate of drug-likeness (QED) is 0.828. The SMILES string of the molecule is CC1(O)CCCN(CCOc2ccc(S(N)(=O)=O)cc2)C1. The molecule has 1 fully saturated rings. The lowest BCUT2D eigenvalue weighted by Gasteiger charge is -2.36. The summed E-state index contributed by atoms with van der Waals surface area (Å²) in [6.45, 7) is 4.69. The zero-order chi connectivity index (χ0) is 15.5. The highest BCUT2D eigenvalue weighted by molar-refractivity contribution is 7.89. The van der Waals surface area contributed by atoms with Gasteiger partial charge in [-0.25, -0.2) is 13.6 Å². The van der Waals surface area contributed by atoms with E-state index in [1.807, 2.05) is 6.92 Å². The maximum Gasteiger partial charge on any atom is 0.238 e. The number of hydrogen-bond donors (Lipinski definition) is 2. The van der Waals surface area contributed by atoms with Crippen molar-refractivity contribution in [2.75, 3.05) is 26.2 Å². The molecular weight excluding hydrogens is 292 g/mol. The highest BCUT2D eigenvalue weighted by Gasteiger charge is 2.27. The molecule has 1 unspecified atom stereocenters. The molecule has 1 aliphatic heterocycles. The van der Waals surface area contributed by atoms with Crippen molar-refractivity contribution in [1.82, 2.24) is 4.90 Å². The number of benzene rings is 1. The first-order valence-electron chi connectivity index (χ1n) is 6.97. The lowest BCUT2D eigenvalue weighted by molar-refractivity contribution is -0.0183. The maximum absolute atomic E-state index is 11.1. The second kappa shape index (κ2) is 6.31. The van der Waals surface area contributed by atoms with Crippen molar-refractivity contribution < 1.29 is 18.3 Å². The monoisotopic (exact) mass is 314 g/mol. The smallest absolute Gasteiger partial charge is 0.238 e. The van der Waals surface area contributed by atoms with E-state index in [-0.39, 0.29) is 4.90 Å². The number of ether oxygens (including phenoxy) is 1. The van der Waals surface area contributed by atoms with Gasteiger partial charge in [-0.15, -0.1) is 0 Å². The third kappa shape index (κ3) is 4.96. The Kier molecular flexibility index (Phi) is 4.88. The van der Waals surface area contributed by atoms with Crippen molar-refractivity contribution in [3.05, 3.63) is 24.3 Å². The van der Waals surface area contributed by atoms with Crippen LogP contribution >= 0.6 is 0 Å². The Morgan fingerprint density at radius 1 is 1.38 bits per heavy atom. The fourth-order valence-corrected chi connectivity index (χ4v) is 3.05. The van der Waals surface area contributed by atoms with Crippen LogP contribution in [0, 0.1) is 0 Å². The van der Waals surface area contributed by atoms with Crippen LogP contribution in [0.1, 0.15) is 19.8 Å². The van der Waals surface area contributed by atoms with Crippen LogP contribution in [0.25, 0.3) is 0 Å². The third-order valence-corrected chi connectivity index (χ3v) is 4.51. The standard InChI is InChI=1S/C14H22N2O4S/c1-14(17)7-2-8-16(11-14)9-10-20-12-3-5-13(6-4-12)21(15,18)19/h3-6,17H,2,7-11H2,1H3,(H2,15,18,19). The number of rotatable bonds is 5. The van der Waals surface area contributed by atoms with E-state index in [4.69, 9.17) is 9.88 Å². The van der Waals surface area contributed by atoms with E-state index in [0.717, 1.165) is 25.9 Å². The van der Waals surface area contributed by atoms with Crippen LogP contribution < -0.4 is 9.88 Å². The first kappa shape index (κ1) is 16.2. The van der Waals surface area contributed by atoms with Crippen LogP contribution in [0.2, 0.25) is 0 Å². The average molecular weight is 314 g/mol. The van der Waals surface area contributed by atoms with E-state index < -0.39 is 15.6 Å². The van der Waals surface area contributed by atoms with Crippen LogP contribution in [0.5, 0.6) is 5.75 Å². The minimum atomic E-state index is -3.66. The fraction of sp³-hybridized carbons (Fsp3) is 0.571. The van der Waals surface area contributed by atoms with Gasteiger partial charge >= 0.3 is 0 Å². The molecule has 0 saturated carbocycles. The van der Waals surface area contributed by atoms with Crippen LogP contribution in [0.15, 0.2) is 29.2 Å². The molecule has 118 valence electrons. The number of piperidine rings is 1. The van der Waals surface area contributed by atoms with Gasteiger partial charge in [0.2, 0.25) is 10.0 Å². The minimum Gasteiger partial charge on any atom is -0.492 e. The summed E-state index contributed by atoms with van der Waals surface area (Å²) in [6, 6.07) is 6.03. The summed E-state index contributed by atoms with van der Waals surface area (Å²) in [5, 5.41) is 15.0. The number of primary sulfonamides is 1. The Balaban J connectivity index is 1.81. The van der Waals surface area contributed by atoms with Gasteiger partial charge in [0, 0.05) is 13.1 Å². The van der Waals surface area contributed by atoms with Crippen LogP contribution in [-0.4, -0.2) is 50.3 Å². The zero-order valence-electron chi connectivity index (χ0n) is 12.2. The predicted molar refractivity (Wildman–Crippen MR) is 79.6 cm³/mol. The summed E-state index contributed by atoms with van der Waals surface area (Å²) in [5.41, 5.74) is -0.616. The summed E-state index contributed by atoms with van der Waals surface area (Å²) in [7, 11) is -3.66. The minimum absolute atomic E-state index is 0.0712. The Morgan fingerprint density at radius 2 is 2.05 bits per heavy atom. The van der Waals surface area contributed by atoms with Crippen molar-refractivity contribution in [3.8, 4) is 5.75 Å². The van der Waals surface area contributed by atoms with Crippen molar-refractivity contribution in [2.45, 2.75) is 30.3 Å². The Labute approximate surface area is 125 Å². The highest BCUT2D eigenvalue weighted by atomic mass is 32.2. The first-order chi connectivity index (χ1) is 9.76. The zero-order valence-corrected chi connectivity index (χ0v) is 13.0. The van der Waals surface area contributed by atoms with Gasteiger partial charge in [-0.2, -0.15) is 0 Å². The van der Waals surface area contributed by atoms with Gasteiger partial charge in [0.05, 0.1) is 10.5 Å². The third-order valence-electron chi connectivity index (χ3n) is 3.58. The van der Waals surface area contributed by atoms with Crippen molar-refractivity contribution >= 4 is 10.0 Å². The van der Waals surface area contributed by atoms with Gasteiger partial charge in [-0.3, -0.25) is 4.90 Å². The summed E-state index contributed by atoms with van der Waals surface area (Å²) in [6.07, 6.45) is 1.81. The normalized spacial score (nSPS) is 24.0. The van der Waals surface area contributed by atoms with Gasteiger partial charge in [-0.1, -0.05) is 0 Å². The molecule has 1 aromatic rings. The second-order valence-electron chi connectivity index (χ2n) is 5.74. The number of likely N-dealkylation sites (tertiary alicyclic amines) is 1. The molecule has 0 aliphatic carbocycles. The number of nitrogens with two attached hydrogens (primary N) is 1. The van der Waals surface area contributed by atoms with E-state index in [0.29, 0.717) is 18.9 Å². The van der Waals surface area contributed by atoms with Crippen LogP contribution in [-0.2, 0) is 10.0 Å². The molecule has 0 radical (unpaired) electrons. The lowest BCUT2D eigenvalue weighted by Crippen LogP contribution is -2.47. The molecule has 1 heterocycles. The maximum atomic E-state index is 11.1. The molecule has 1 aromatic carbocycles. The molecule has 1 atom stereocenters. The van der Waals surface area contributed by atoms with Gasteiger partial charge in [0.15, 0.2) is 0 Å². The molecule has 21 heavy (non-hydrogen) atoms. The molecule has 2 rings (SSSR count). The second-order valence-corrected chi connectivity index (χ2v) is 7.30. The molecule has 7 heteroatoms. The summed E-state index contributed by atoms with van der Waals surface area (Å²) < 4.78 is 27.9. The number of aliphatic hydroxyl groups is 1. The fourth-order valence-electron chi connectivity index (χ4n) is 2.53. The van der Waals surface area contributed by atoms with E-state index in [9.17, 15) is 13.5 Å². The average Bonchev–Trinajstić information content (AvgIpc) is 2.37. The van der Waals surface area contributed by atoms with Crippen LogP contribution in [0.4, 0.5) is 0 Å². The summed E-state index contributed by atoms with van der Waals surface area (Å²) in [4.78, 5) is 2.24. The molecule has 3 N–H and O–H groups in total.